The van der Waals surface area contributed by atoms with Crippen LogP contribution in [0.4, 0.5) is 0 Å². The van der Waals surface area contributed by atoms with Crippen molar-refractivity contribution in [3.8, 4) is 11.5 Å². The molecular weight excluding hydrogens is 508 g/mol. The molecular formula is C32H36N2O4S. The molecule has 0 saturated carbocycles. The first-order valence-electron chi connectivity index (χ1n) is 13.2. The second-order valence-electron chi connectivity index (χ2n) is 9.98. The number of carbonyl (C=O) groups excluding carboxylic acids is 2. The van der Waals surface area contributed by atoms with E-state index < -0.39 is 0 Å². The van der Waals surface area contributed by atoms with Gasteiger partial charge in [-0.05, 0) is 64.4 Å². The van der Waals surface area contributed by atoms with Crippen LogP contribution in [0.2, 0.25) is 0 Å². The molecule has 0 aliphatic carbocycles. The molecule has 3 aromatic carbocycles. The summed E-state index contributed by atoms with van der Waals surface area (Å²) in [6.45, 7) is 5.67. The van der Waals surface area contributed by atoms with Crippen LogP contribution in [0.1, 0.15) is 34.6 Å². The highest BCUT2D eigenvalue weighted by Crippen LogP contribution is 2.28. The number of ether oxygens (including phenoxy) is 2. The van der Waals surface area contributed by atoms with Crippen molar-refractivity contribution in [1.82, 2.24) is 9.80 Å². The third-order valence-electron chi connectivity index (χ3n) is 6.59. The second kappa shape index (κ2) is 13.3. The monoisotopic (exact) mass is 544 g/mol. The van der Waals surface area contributed by atoms with E-state index in [9.17, 15) is 9.59 Å². The molecule has 1 aromatic heterocycles. The van der Waals surface area contributed by atoms with Gasteiger partial charge in [0.15, 0.2) is 11.5 Å². The molecule has 1 heterocycles. The van der Waals surface area contributed by atoms with Crippen molar-refractivity contribution in [3.05, 3.63) is 94.2 Å². The summed E-state index contributed by atoms with van der Waals surface area (Å²) in [6, 6.07) is 23.5. The van der Waals surface area contributed by atoms with E-state index in [1.807, 2.05) is 83.1 Å². The molecule has 204 valence electrons. The minimum Gasteiger partial charge on any atom is -0.493 e. The Morgan fingerprint density at radius 2 is 1.62 bits per heavy atom. The second-order valence-corrected chi connectivity index (χ2v) is 11.0. The summed E-state index contributed by atoms with van der Waals surface area (Å²) in [5, 5.41) is 4.10. The Morgan fingerprint density at radius 1 is 0.846 bits per heavy atom. The molecule has 4 rings (SSSR count). The van der Waals surface area contributed by atoms with E-state index in [0.29, 0.717) is 43.1 Å². The summed E-state index contributed by atoms with van der Waals surface area (Å²) in [4.78, 5) is 32.0. The molecule has 0 N–H and O–H groups in total. The normalized spacial score (nSPS) is 11.0. The van der Waals surface area contributed by atoms with Gasteiger partial charge in [-0.1, -0.05) is 56.3 Å². The number of thiophene rings is 1. The van der Waals surface area contributed by atoms with Crippen LogP contribution in [0.3, 0.4) is 0 Å². The molecule has 0 atom stereocenters. The van der Waals surface area contributed by atoms with Crippen LogP contribution in [-0.2, 0) is 17.8 Å². The van der Waals surface area contributed by atoms with Crippen molar-refractivity contribution in [3.63, 3.8) is 0 Å². The van der Waals surface area contributed by atoms with Crippen molar-refractivity contribution in [2.45, 2.75) is 26.8 Å². The van der Waals surface area contributed by atoms with Crippen molar-refractivity contribution in [2.24, 2.45) is 5.92 Å². The summed E-state index contributed by atoms with van der Waals surface area (Å²) in [5.41, 5.74) is 1.64. The number of rotatable bonds is 12. The van der Waals surface area contributed by atoms with Gasteiger partial charge in [-0.15, -0.1) is 11.3 Å². The summed E-state index contributed by atoms with van der Waals surface area (Å²) in [7, 11) is 3.23. The average molecular weight is 545 g/mol. The van der Waals surface area contributed by atoms with Gasteiger partial charge in [-0.3, -0.25) is 9.59 Å². The van der Waals surface area contributed by atoms with E-state index in [2.05, 4.69) is 13.8 Å². The molecule has 6 nitrogen and oxygen atoms in total. The Morgan fingerprint density at radius 3 is 2.31 bits per heavy atom. The van der Waals surface area contributed by atoms with Crippen LogP contribution < -0.4 is 9.47 Å². The number of amides is 2. The molecule has 2 amide bonds. The lowest BCUT2D eigenvalue weighted by molar-refractivity contribution is -0.132. The first-order chi connectivity index (χ1) is 18.9. The Balaban J connectivity index is 1.53. The maximum Gasteiger partial charge on any atom is 0.254 e. The Hall–Kier alpha value is -3.84. The zero-order valence-electron chi connectivity index (χ0n) is 23.1. The van der Waals surface area contributed by atoms with E-state index in [4.69, 9.17) is 9.47 Å². The topological polar surface area (TPSA) is 59.1 Å². The molecule has 0 saturated heterocycles. The zero-order chi connectivity index (χ0) is 27.8. The first-order valence-corrected chi connectivity index (χ1v) is 14.0. The SMILES string of the molecule is COc1ccc(CCN(Cc2cccs2)C(=O)CN(CC(C)C)C(=O)c2ccc3ccccc3c2)cc1OC. The van der Waals surface area contributed by atoms with Crippen molar-refractivity contribution < 1.29 is 19.1 Å². The maximum atomic E-state index is 13.7. The van der Waals surface area contributed by atoms with E-state index >= 15 is 0 Å². The van der Waals surface area contributed by atoms with E-state index in [-0.39, 0.29) is 24.3 Å². The lowest BCUT2D eigenvalue weighted by atomic mass is 10.1. The number of hydrogen-bond donors (Lipinski definition) is 0. The van der Waals surface area contributed by atoms with Gasteiger partial charge in [-0.25, -0.2) is 0 Å². The lowest BCUT2D eigenvalue weighted by Crippen LogP contribution is -2.44. The van der Waals surface area contributed by atoms with Crippen LogP contribution >= 0.6 is 11.3 Å². The number of methoxy groups -OCH3 is 2. The number of benzene rings is 3. The maximum absolute atomic E-state index is 13.7. The van der Waals surface area contributed by atoms with Gasteiger partial charge in [0.2, 0.25) is 5.91 Å². The fraction of sp³-hybridized carbons (Fsp3) is 0.312. The average Bonchev–Trinajstić information content (AvgIpc) is 3.47. The lowest BCUT2D eigenvalue weighted by Gasteiger charge is -2.29. The molecule has 0 fully saturated rings. The van der Waals surface area contributed by atoms with Gasteiger partial charge in [0.1, 0.15) is 6.54 Å². The Labute approximate surface area is 234 Å². The molecule has 0 bridgehead atoms. The van der Waals surface area contributed by atoms with Crippen molar-refractivity contribution >= 4 is 33.9 Å². The Bertz CT molecular complexity index is 1400. The van der Waals surface area contributed by atoms with Gasteiger partial charge in [0.05, 0.1) is 20.8 Å². The van der Waals surface area contributed by atoms with Crippen LogP contribution in [0.5, 0.6) is 11.5 Å². The predicted octanol–water partition coefficient (Wildman–Crippen LogP) is 6.29. The molecule has 0 unspecified atom stereocenters. The Kier molecular flexibility index (Phi) is 9.60. The number of nitrogens with zero attached hydrogens (tertiary/aromatic N) is 2. The van der Waals surface area contributed by atoms with E-state index in [0.717, 1.165) is 21.2 Å². The quantitative estimate of drug-likeness (QED) is 0.210. The molecule has 39 heavy (non-hydrogen) atoms. The van der Waals surface area contributed by atoms with Crippen molar-refractivity contribution in [1.29, 1.82) is 0 Å². The molecule has 0 aliphatic rings. The largest absolute Gasteiger partial charge is 0.493 e. The van der Waals surface area contributed by atoms with Gasteiger partial charge in [0, 0.05) is 23.5 Å². The number of hydrogen-bond acceptors (Lipinski definition) is 5. The first kappa shape index (κ1) is 28.2. The molecule has 4 aromatic rings. The van der Waals surface area contributed by atoms with Gasteiger partial charge < -0.3 is 19.3 Å². The van der Waals surface area contributed by atoms with E-state index in [1.54, 1.807) is 30.5 Å². The molecule has 0 spiro atoms. The van der Waals surface area contributed by atoms with Gasteiger partial charge >= 0.3 is 0 Å². The number of carbonyl (C=O) groups is 2. The van der Waals surface area contributed by atoms with Gasteiger partial charge in [-0.2, -0.15) is 0 Å². The van der Waals surface area contributed by atoms with E-state index in [1.165, 1.54) is 0 Å². The molecule has 0 aliphatic heterocycles. The van der Waals surface area contributed by atoms with Gasteiger partial charge in [0.25, 0.3) is 5.91 Å². The predicted molar refractivity (Wildman–Crippen MR) is 158 cm³/mol. The summed E-state index contributed by atoms with van der Waals surface area (Å²) < 4.78 is 10.8. The van der Waals surface area contributed by atoms with Crippen molar-refractivity contribution in [2.75, 3.05) is 33.9 Å². The summed E-state index contributed by atoms with van der Waals surface area (Å²) >= 11 is 1.62. The summed E-state index contributed by atoms with van der Waals surface area (Å²) in [6.07, 6.45) is 0.653. The van der Waals surface area contributed by atoms with Crippen LogP contribution in [0.15, 0.2) is 78.2 Å². The third-order valence-corrected chi connectivity index (χ3v) is 7.45. The van der Waals surface area contributed by atoms with Crippen LogP contribution in [-0.4, -0.2) is 55.5 Å². The summed E-state index contributed by atoms with van der Waals surface area (Å²) in [5.74, 6) is 1.36. The highest BCUT2D eigenvalue weighted by atomic mass is 32.1. The smallest absolute Gasteiger partial charge is 0.254 e. The standard InChI is InChI=1S/C32H36N2O4S/c1-23(2)20-34(32(36)27-13-12-25-8-5-6-9-26(25)19-27)22-31(35)33(21-28-10-7-17-39-28)16-15-24-11-14-29(37-3)30(18-24)38-4/h5-14,17-19,23H,15-16,20-22H2,1-4H3. The minimum atomic E-state index is -0.126. The minimum absolute atomic E-state index is 0.0289. The molecule has 0 radical (unpaired) electrons. The number of fused-ring (bicyclic) bond motifs is 1. The fourth-order valence-corrected chi connectivity index (χ4v) is 5.33. The fourth-order valence-electron chi connectivity index (χ4n) is 4.61. The van der Waals surface area contributed by atoms with Crippen LogP contribution in [0, 0.1) is 5.92 Å². The highest BCUT2D eigenvalue weighted by molar-refractivity contribution is 7.09. The molecule has 7 heteroatoms. The third kappa shape index (κ3) is 7.39. The zero-order valence-corrected chi connectivity index (χ0v) is 23.9. The highest BCUT2D eigenvalue weighted by Gasteiger charge is 2.24. The van der Waals surface area contributed by atoms with Crippen LogP contribution in [0.25, 0.3) is 10.8 Å².